The molecule has 0 bridgehead atoms. The van der Waals surface area contributed by atoms with Crippen molar-refractivity contribution in [3.63, 3.8) is 0 Å². The predicted molar refractivity (Wildman–Crippen MR) is 117 cm³/mol. The minimum Gasteiger partial charge on any atom is -0.497 e. The lowest BCUT2D eigenvalue weighted by atomic mass is 9.89. The first-order valence-corrected chi connectivity index (χ1v) is 10.9. The van der Waals surface area contributed by atoms with Gasteiger partial charge in [-0.1, -0.05) is 0 Å². The molecular formula is C22H23N5O2S. The zero-order valence-corrected chi connectivity index (χ0v) is 17.8. The number of hydrogen-bond donors (Lipinski definition) is 1. The van der Waals surface area contributed by atoms with Gasteiger partial charge < -0.3 is 14.6 Å². The van der Waals surface area contributed by atoms with Gasteiger partial charge in [0.2, 0.25) is 0 Å². The summed E-state index contributed by atoms with van der Waals surface area (Å²) < 4.78 is 7.13. The number of thiazole rings is 1. The quantitative estimate of drug-likeness (QED) is 0.539. The third-order valence-electron chi connectivity index (χ3n) is 5.82. The maximum absolute atomic E-state index is 13.0. The largest absolute Gasteiger partial charge is 0.497 e. The summed E-state index contributed by atoms with van der Waals surface area (Å²) in [5, 5.41) is 8.07. The highest BCUT2D eigenvalue weighted by atomic mass is 32.1. The third kappa shape index (κ3) is 3.37. The number of nitrogens with one attached hydrogen (secondary N) is 1. The second kappa shape index (κ2) is 7.60. The number of methoxy groups -OCH3 is 1. The number of aromatic nitrogens is 4. The zero-order chi connectivity index (χ0) is 20.7. The molecule has 154 valence electrons. The number of ether oxygens (including phenoxy) is 1. The molecule has 1 fully saturated rings. The molecule has 1 amide bonds. The van der Waals surface area contributed by atoms with E-state index >= 15 is 0 Å². The number of fused-ring (bicyclic) bond motifs is 1. The highest BCUT2D eigenvalue weighted by Gasteiger charge is 2.27. The second-order valence-corrected chi connectivity index (χ2v) is 8.52. The Morgan fingerprint density at radius 3 is 2.87 bits per heavy atom. The number of aromatic amines is 1. The summed E-state index contributed by atoms with van der Waals surface area (Å²) in [7, 11) is 3.56. The number of likely N-dealkylation sites (tertiary alicyclic amines) is 1. The lowest BCUT2D eigenvalue weighted by Crippen LogP contribution is -2.38. The van der Waals surface area contributed by atoms with Crippen molar-refractivity contribution in [3.05, 3.63) is 53.4 Å². The number of H-pyrrole nitrogens is 1. The van der Waals surface area contributed by atoms with E-state index in [1.807, 2.05) is 29.6 Å². The van der Waals surface area contributed by atoms with Crippen molar-refractivity contribution in [2.45, 2.75) is 18.8 Å². The van der Waals surface area contributed by atoms with E-state index < -0.39 is 0 Å². The van der Waals surface area contributed by atoms with Crippen molar-refractivity contribution >= 4 is 28.1 Å². The van der Waals surface area contributed by atoms with Crippen molar-refractivity contribution in [3.8, 4) is 16.3 Å². The molecular weight excluding hydrogens is 398 g/mol. The molecule has 7 nitrogen and oxygen atoms in total. The van der Waals surface area contributed by atoms with E-state index in [1.165, 1.54) is 22.3 Å². The molecule has 0 spiro atoms. The summed E-state index contributed by atoms with van der Waals surface area (Å²) >= 11 is 1.48. The number of benzene rings is 1. The smallest absolute Gasteiger partial charge is 0.273 e. The summed E-state index contributed by atoms with van der Waals surface area (Å²) in [6.07, 6.45) is 7.67. The van der Waals surface area contributed by atoms with Gasteiger partial charge in [0, 0.05) is 54.4 Å². The first kappa shape index (κ1) is 18.9. The zero-order valence-electron chi connectivity index (χ0n) is 17.0. The second-order valence-electron chi connectivity index (χ2n) is 7.66. The topological polar surface area (TPSA) is 76.0 Å². The fourth-order valence-electron chi connectivity index (χ4n) is 4.18. The van der Waals surface area contributed by atoms with Gasteiger partial charge in [-0.05, 0) is 42.5 Å². The minimum absolute atomic E-state index is 0.0143. The number of piperidine rings is 1. The predicted octanol–water partition coefficient (Wildman–Crippen LogP) is 4.05. The summed E-state index contributed by atoms with van der Waals surface area (Å²) in [5.74, 6) is 1.31. The van der Waals surface area contributed by atoms with E-state index in [0.29, 0.717) is 11.6 Å². The van der Waals surface area contributed by atoms with Gasteiger partial charge in [0.25, 0.3) is 5.91 Å². The maximum Gasteiger partial charge on any atom is 0.273 e. The first-order chi connectivity index (χ1) is 14.6. The van der Waals surface area contributed by atoms with E-state index in [-0.39, 0.29) is 5.91 Å². The average molecular weight is 422 g/mol. The number of hydrogen-bond acceptors (Lipinski definition) is 5. The molecule has 1 aromatic carbocycles. The Bertz CT molecular complexity index is 1200. The Morgan fingerprint density at radius 2 is 2.13 bits per heavy atom. The van der Waals surface area contributed by atoms with Crippen LogP contribution in [0.25, 0.3) is 21.5 Å². The number of carbonyl (C=O) groups is 1. The van der Waals surface area contributed by atoms with Crippen LogP contribution in [0.2, 0.25) is 0 Å². The van der Waals surface area contributed by atoms with E-state index in [2.05, 4.69) is 33.4 Å². The van der Waals surface area contributed by atoms with Crippen LogP contribution in [0.3, 0.4) is 0 Å². The number of amides is 1. The van der Waals surface area contributed by atoms with Crippen molar-refractivity contribution in [1.29, 1.82) is 0 Å². The van der Waals surface area contributed by atoms with E-state index in [1.54, 1.807) is 18.0 Å². The molecule has 0 atom stereocenters. The molecule has 0 radical (unpaired) electrons. The van der Waals surface area contributed by atoms with Crippen LogP contribution in [0.5, 0.6) is 5.75 Å². The highest BCUT2D eigenvalue weighted by Crippen LogP contribution is 2.35. The summed E-state index contributed by atoms with van der Waals surface area (Å²) in [5.41, 5.74) is 3.89. The Hall–Kier alpha value is -3.13. The summed E-state index contributed by atoms with van der Waals surface area (Å²) in [4.78, 5) is 22.8. The van der Waals surface area contributed by atoms with Gasteiger partial charge in [0.1, 0.15) is 16.5 Å². The van der Waals surface area contributed by atoms with Crippen LogP contribution in [0.15, 0.2) is 42.2 Å². The average Bonchev–Trinajstić information content (AvgIpc) is 3.52. The van der Waals surface area contributed by atoms with Gasteiger partial charge in [-0.15, -0.1) is 11.3 Å². The van der Waals surface area contributed by atoms with E-state index in [0.717, 1.165) is 47.8 Å². The van der Waals surface area contributed by atoms with Gasteiger partial charge in [0.15, 0.2) is 0 Å². The van der Waals surface area contributed by atoms with Crippen molar-refractivity contribution in [2.24, 2.45) is 7.05 Å². The number of carbonyl (C=O) groups excluding carboxylic acids is 1. The Labute approximate surface area is 178 Å². The Morgan fingerprint density at radius 1 is 1.30 bits per heavy atom. The van der Waals surface area contributed by atoms with Crippen LogP contribution in [0.4, 0.5) is 0 Å². The molecule has 0 saturated carbocycles. The summed E-state index contributed by atoms with van der Waals surface area (Å²) in [6.45, 7) is 1.47. The Kier molecular flexibility index (Phi) is 4.78. The Balaban J connectivity index is 1.28. The molecule has 30 heavy (non-hydrogen) atoms. The monoisotopic (exact) mass is 421 g/mol. The third-order valence-corrected chi connectivity index (χ3v) is 6.71. The van der Waals surface area contributed by atoms with Gasteiger partial charge >= 0.3 is 0 Å². The lowest BCUT2D eigenvalue weighted by molar-refractivity contribution is 0.0708. The van der Waals surface area contributed by atoms with E-state index in [9.17, 15) is 4.79 Å². The van der Waals surface area contributed by atoms with Crippen molar-refractivity contribution in [1.82, 2.24) is 24.6 Å². The summed E-state index contributed by atoms with van der Waals surface area (Å²) in [6, 6.07) is 6.11. The van der Waals surface area contributed by atoms with Crippen LogP contribution in [-0.2, 0) is 7.05 Å². The molecule has 4 heterocycles. The van der Waals surface area contributed by atoms with Crippen LogP contribution in [-0.4, -0.2) is 50.8 Å². The fourth-order valence-corrected chi connectivity index (χ4v) is 4.95. The van der Waals surface area contributed by atoms with Gasteiger partial charge in [0.05, 0.1) is 13.3 Å². The number of nitrogens with zero attached hydrogens (tertiary/aromatic N) is 4. The normalized spacial score (nSPS) is 15.1. The van der Waals surface area contributed by atoms with Crippen LogP contribution in [0.1, 0.15) is 34.8 Å². The van der Waals surface area contributed by atoms with Crippen LogP contribution in [0, 0.1) is 0 Å². The maximum atomic E-state index is 13.0. The molecule has 1 aliphatic rings. The van der Waals surface area contributed by atoms with Gasteiger partial charge in [-0.25, -0.2) is 4.98 Å². The van der Waals surface area contributed by atoms with Crippen LogP contribution >= 0.6 is 11.3 Å². The molecule has 8 heteroatoms. The molecule has 3 aromatic heterocycles. The standard InChI is InChI=1S/C22H23N5O2S/c1-26-12-15(10-24-26)21-25-20(13-30-21)22(28)27-7-5-14(6-8-27)18-11-23-19-4-3-16(29-2)9-17(18)19/h3-4,9-14,23H,5-8H2,1-2H3. The molecule has 5 rings (SSSR count). The molecule has 4 aromatic rings. The number of aryl methyl sites for hydroxylation is 1. The molecule has 0 unspecified atom stereocenters. The minimum atomic E-state index is 0.0143. The first-order valence-electron chi connectivity index (χ1n) is 10.0. The van der Waals surface area contributed by atoms with Gasteiger partial charge in [-0.3, -0.25) is 9.48 Å². The fraction of sp³-hybridized carbons (Fsp3) is 0.318. The van der Waals surface area contributed by atoms with Crippen molar-refractivity contribution < 1.29 is 9.53 Å². The lowest BCUT2D eigenvalue weighted by Gasteiger charge is -2.31. The molecule has 0 aliphatic carbocycles. The SMILES string of the molecule is COc1ccc2[nH]cc(C3CCN(C(=O)c4csc(-c5cnn(C)c5)n4)CC3)c2c1. The molecule has 1 saturated heterocycles. The highest BCUT2D eigenvalue weighted by molar-refractivity contribution is 7.13. The van der Waals surface area contributed by atoms with Gasteiger partial charge in [-0.2, -0.15) is 5.10 Å². The molecule has 1 N–H and O–H groups in total. The van der Waals surface area contributed by atoms with Crippen LogP contribution < -0.4 is 4.74 Å². The molecule has 1 aliphatic heterocycles. The van der Waals surface area contributed by atoms with E-state index in [4.69, 9.17) is 4.74 Å². The van der Waals surface area contributed by atoms with Crippen molar-refractivity contribution in [2.75, 3.05) is 20.2 Å². The number of rotatable bonds is 4.